The Morgan fingerprint density at radius 3 is 2.78 bits per heavy atom. The van der Waals surface area contributed by atoms with Gasteiger partial charge in [-0.2, -0.15) is 0 Å². The van der Waals surface area contributed by atoms with E-state index in [4.69, 9.17) is 5.73 Å². The number of hydrogen-bond donors (Lipinski definition) is 1. The zero-order valence-electron chi connectivity index (χ0n) is 11.4. The van der Waals surface area contributed by atoms with Crippen LogP contribution >= 0.6 is 0 Å². The Bertz CT molecular complexity index is 419. The molecule has 1 aromatic carbocycles. The highest BCUT2D eigenvalue weighted by Crippen LogP contribution is 2.47. The largest absolute Gasteiger partial charge is 0.364 e. The minimum Gasteiger partial charge on any atom is -0.364 e. The van der Waals surface area contributed by atoms with Gasteiger partial charge >= 0.3 is 0 Å². The highest BCUT2D eigenvalue weighted by atomic mass is 15.2. The number of nitrogens with zero attached hydrogens (tertiary/aromatic N) is 1. The van der Waals surface area contributed by atoms with Crippen molar-refractivity contribution in [2.24, 2.45) is 11.7 Å². The fourth-order valence-corrected chi connectivity index (χ4v) is 3.74. The van der Waals surface area contributed by atoms with Crippen LogP contribution in [-0.4, -0.2) is 18.6 Å². The minimum atomic E-state index is 0.219. The average molecular weight is 244 g/mol. The number of nitrogens with two attached hydrogens (primary N) is 1. The second kappa shape index (κ2) is 4.58. The predicted molar refractivity (Wildman–Crippen MR) is 76.9 cm³/mol. The molecule has 98 valence electrons. The first-order valence-electron chi connectivity index (χ1n) is 7.37. The van der Waals surface area contributed by atoms with E-state index in [0.29, 0.717) is 0 Å². The molecule has 0 aromatic heterocycles. The van der Waals surface area contributed by atoms with Gasteiger partial charge in [-0.05, 0) is 49.7 Å². The molecule has 2 N–H and O–H groups in total. The van der Waals surface area contributed by atoms with Gasteiger partial charge in [0.25, 0.3) is 0 Å². The second-order valence-corrected chi connectivity index (χ2v) is 5.82. The van der Waals surface area contributed by atoms with E-state index in [9.17, 15) is 0 Å². The van der Waals surface area contributed by atoms with Crippen molar-refractivity contribution in [3.8, 4) is 0 Å². The molecule has 0 spiro atoms. The Hall–Kier alpha value is -1.02. The highest BCUT2D eigenvalue weighted by molar-refractivity contribution is 5.58. The Morgan fingerprint density at radius 2 is 2.11 bits per heavy atom. The molecule has 0 bridgehead atoms. The van der Waals surface area contributed by atoms with Gasteiger partial charge in [-0.25, -0.2) is 0 Å². The van der Waals surface area contributed by atoms with Crippen LogP contribution in [0.25, 0.3) is 0 Å². The molecule has 0 amide bonds. The van der Waals surface area contributed by atoms with Crippen LogP contribution in [0.15, 0.2) is 24.3 Å². The van der Waals surface area contributed by atoms with Crippen molar-refractivity contribution in [1.29, 1.82) is 0 Å². The summed E-state index contributed by atoms with van der Waals surface area (Å²) in [5, 5.41) is 0. The van der Waals surface area contributed by atoms with Crippen LogP contribution in [0.2, 0.25) is 0 Å². The fourth-order valence-electron chi connectivity index (χ4n) is 3.74. The predicted octanol–water partition coefficient (Wildman–Crippen LogP) is 2.96. The first-order valence-corrected chi connectivity index (χ1v) is 7.37. The van der Waals surface area contributed by atoms with Crippen LogP contribution in [0, 0.1) is 5.92 Å². The molecule has 2 aliphatic rings. The summed E-state index contributed by atoms with van der Waals surface area (Å²) in [6, 6.07) is 8.90. The van der Waals surface area contributed by atoms with Crippen LogP contribution in [0.4, 0.5) is 5.69 Å². The number of rotatable bonds is 4. The molecule has 1 fully saturated rings. The van der Waals surface area contributed by atoms with Gasteiger partial charge in [0, 0.05) is 18.8 Å². The maximum absolute atomic E-state index is 6.21. The smallest absolute Gasteiger partial charge is 0.0549 e. The van der Waals surface area contributed by atoms with Crippen molar-refractivity contribution in [2.45, 2.75) is 44.6 Å². The number of para-hydroxylation sites is 1. The maximum Gasteiger partial charge on any atom is 0.0549 e. The summed E-state index contributed by atoms with van der Waals surface area (Å²) in [4.78, 5) is 2.64. The third-order valence-electron chi connectivity index (χ3n) is 4.95. The standard InChI is InChI=1S/C16H24N2/c1-2-16(12-17,14-9-10-14)18-11-5-7-13-6-3-4-8-15(13)18/h3-4,6,8,14H,2,5,7,9-12,17H2,1H3. The lowest BCUT2D eigenvalue weighted by atomic mass is 9.85. The summed E-state index contributed by atoms with van der Waals surface area (Å²) < 4.78 is 0. The van der Waals surface area contributed by atoms with Crippen LogP contribution in [0.5, 0.6) is 0 Å². The Balaban J connectivity index is 2.01. The lowest BCUT2D eigenvalue weighted by Crippen LogP contribution is -2.57. The molecule has 0 saturated heterocycles. The lowest BCUT2D eigenvalue weighted by Gasteiger charge is -2.48. The number of aryl methyl sites for hydroxylation is 1. The van der Waals surface area contributed by atoms with Gasteiger partial charge in [0.15, 0.2) is 0 Å². The van der Waals surface area contributed by atoms with E-state index in [2.05, 4.69) is 36.1 Å². The number of hydrogen-bond acceptors (Lipinski definition) is 2. The van der Waals surface area contributed by atoms with Gasteiger partial charge in [-0.3, -0.25) is 0 Å². The molecule has 2 nitrogen and oxygen atoms in total. The van der Waals surface area contributed by atoms with Crippen molar-refractivity contribution in [2.75, 3.05) is 18.0 Å². The van der Waals surface area contributed by atoms with Gasteiger partial charge in [-0.15, -0.1) is 0 Å². The van der Waals surface area contributed by atoms with Crippen molar-refractivity contribution in [3.63, 3.8) is 0 Å². The molecular formula is C16H24N2. The molecular weight excluding hydrogens is 220 g/mol. The molecule has 2 heteroatoms. The number of anilines is 1. The molecule has 1 aromatic rings. The van der Waals surface area contributed by atoms with Gasteiger partial charge in [0.2, 0.25) is 0 Å². The highest BCUT2D eigenvalue weighted by Gasteiger charge is 2.47. The maximum atomic E-state index is 6.21. The summed E-state index contributed by atoms with van der Waals surface area (Å²) >= 11 is 0. The quantitative estimate of drug-likeness (QED) is 0.882. The van der Waals surface area contributed by atoms with Gasteiger partial charge in [0.05, 0.1) is 5.54 Å². The molecule has 1 heterocycles. The topological polar surface area (TPSA) is 29.3 Å². The minimum absolute atomic E-state index is 0.219. The van der Waals surface area contributed by atoms with E-state index in [1.807, 2.05) is 0 Å². The molecule has 1 unspecified atom stereocenters. The van der Waals surface area contributed by atoms with Crippen LogP contribution in [0.1, 0.15) is 38.2 Å². The first-order chi connectivity index (χ1) is 8.81. The average Bonchev–Trinajstić information content (AvgIpc) is 3.26. The molecule has 18 heavy (non-hydrogen) atoms. The third-order valence-corrected chi connectivity index (χ3v) is 4.95. The van der Waals surface area contributed by atoms with Gasteiger partial charge in [-0.1, -0.05) is 25.1 Å². The Kier molecular flexibility index (Phi) is 3.06. The number of fused-ring (bicyclic) bond motifs is 1. The fraction of sp³-hybridized carbons (Fsp3) is 0.625. The van der Waals surface area contributed by atoms with E-state index in [1.54, 1.807) is 0 Å². The molecule has 1 aliphatic carbocycles. The van der Waals surface area contributed by atoms with Crippen molar-refractivity contribution in [3.05, 3.63) is 29.8 Å². The summed E-state index contributed by atoms with van der Waals surface area (Å²) in [7, 11) is 0. The zero-order chi connectivity index (χ0) is 12.6. The summed E-state index contributed by atoms with van der Waals surface area (Å²) in [6.45, 7) is 4.28. The van der Waals surface area contributed by atoms with E-state index in [0.717, 1.165) is 12.5 Å². The van der Waals surface area contributed by atoms with Crippen LogP contribution in [0.3, 0.4) is 0 Å². The van der Waals surface area contributed by atoms with Crippen molar-refractivity contribution in [1.82, 2.24) is 0 Å². The first kappa shape index (κ1) is 12.0. The molecule has 0 radical (unpaired) electrons. The monoisotopic (exact) mass is 244 g/mol. The molecule has 1 atom stereocenters. The van der Waals surface area contributed by atoms with Crippen LogP contribution in [-0.2, 0) is 6.42 Å². The number of benzene rings is 1. The van der Waals surface area contributed by atoms with Crippen LogP contribution < -0.4 is 10.6 Å². The Labute approximate surface area is 110 Å². The summed E-state index contributed by atoms with van der Waals surface area (Å²) in [5.41, 5.74) is 9.38. The summed E-state index contributed by atoms with van der Waals surface area (Å²) in [5.74, 6) is 0.818. The molecule has 3 rings (SSSR count). The van der Waals surface area contributed by atoms with Crippen molar-refractivity contribution < 1.29 is 0 Å². The lowest BCUT2D eigenvalue weighted by molar-refractivity contribution is 0.326. The molecule has 1 saturated carbocycles. The SMILES string of the molecule is CCC(CN)(C1CC1)N1CCCc2ccccc21. The van der Waals surface area contributed by atoms with Gasteiger partial charge < -0.3 is 10.6 Å². The summed E-state index contributed by atoms with van der Waals surface area (Å²) in [6.07, 6.45) is 6.39. The second-order valence-electron chi connectivity index (χ2n) is 5.82. The van der Waals surface area contributed by atoms with E-state index in [1.165, 1.54) is 49.9 Å². The third kappa shape index (κ3) is 1.74. The zero-order valence-corrected chi connectivity index (χ0v) is 11.4. The van der Waals surface area contributed by atoms with Crippen molar-refractivity contribution >= 4 is 5.69 Å². The van der Waals surface area contributed by atoms with E-state index >= 15 is 0 Å². The van der Waals surface area contributed by atoms with E-state index < -0.39 is 0 Å². The van der Waals surface area contributed by atoms with Gasteiger partial charge in [0.1, 0.15) is 0 Å². The normalized spacial score (nSPS) is 22.4. The molecule has 1 aliphatic heterocycles. The Morgan fingerprint density at radius 1 is 1.33 bits per heavy atom. The van der Waals surface area contributed by atoms with E-state index in [-0.39, 0.29) is 5.54 Å².